The second-order valence-corrected chi connectivity index (χ2v) is 7.72. The van der Waals surface area contributed by atoms with Crippen molar-refractivity contribution in [3.63, 3.8) is 0 Å². The third-order valence-corrected chi connectivity index (χ3v) is 5.37. The van der Waals surface area contributed by atoms with Crippen molar-refractivity contribution < 1.29 is 33.6 Å². The molecule has 0 bridgehead atoms. The van der Waals surface area contributed by atoms with Gasteiger partial charge in [-0.1, -0.05) is 35.3 Å². The van der Waals surface area contributed by atoms with Crippen LogP contribution in [0, 0.1) is 0 Å². The predicted molar refractivity (Wildman–Crippen MR) is 119 cm³/mol. The van der Waals surface area contributed by atoms with Crippen LogP contribution in [0.3, 0.4) is 0 Å². The summed E-state index contributed by atoms with van der Waals surface area (Å²) in [5, 5.41) is 14.5. The Labute approximate surface area is 196 Å². The van der Waals surface area contributed by atoms with Crippen molar-refractivity contribution in [2.45, 2.75) is 12.7 Å². The molecule has 0 radical (unpaired) electrons. The van der Waals surface area contributed by atoms with Crippen molar-refractivity contribution in [2.75, 3.05) is 10.6 Å². The molecule has 33 heavy (non-hydrogen) atoms. The van der Waals surface area contributed by atoms with Gasteiger partial charge in [-0.15, -0.1) is 0 Å². The Hall–Kier alpha value is -3.27. The predicted octanol–water partition coefficient (Wildman–Crippen LogP) is 5.45. The van der Waals surface area contributed by atoms with Gasteiger partial charge in [-0.3, -0.25) is 4.79 Å². The second-order valence-electron chi connectivity index (χ2n) is 6.90. The maximum absolute atomic E-state index is 13.3. The molecule has 0 aliphatic carbocycles. The van der Waals surface area contributed by atoms with E-state index in [1.807, 2.05) is 0 Å². The molecule has 3 aromatic rings. The lowest BCUT2D eigenvalue weighted by Gasteiger charge is -2.17. The second kappa shape index (κ2) is 9.70. The van der Waals surface area contributed by atoms with Crippen LogP contribution in [0.5, 0.6) is 0 Å². The normalized spacial score (nSPS) is 11.2. The van der Waals surface area contributed by atoms with Crippen molar-refractivity contribution in [2.24, 2.45) is 0 Å². The highest BCUT2D eigenvalue weighted by Gasteiger charge is 2.31. The van der Waals surface area contributed by atoms with Gasteiger partial charge in [0.1, 0.15) is 0 Å². The highest BCUT2D eigenvalue weighted by atomic mass is 35.5. The number of rotatable bonds is 6. The lowest BCUT2D eigenvalue weighted by Crippen LogP contribution is -2.47. The van der Waals surface area contributed by atoms with E-state index >= 15 is 0 Å². The molecule has 0 saturated carbocycles. The minimum atomic E-state index is -4.66. The number of halogens is 5. The summed E-state index contributed by atoms with van der Waals surface area (Å²) in [6.07, 6.45) is -4.66. The van der Waals surface area contributed by atoms with E-state index in [1.165, 1.54) is 6.07 Å². The smallest absolute Gasteiger partial charge is 0.416 e. The third kappa shape index (κ3) is 5.75. The molecule has 11 heteroatoms. The van der Waals surface area contributed by atoms with E-state index in [2.05, 4.69) is 16.4 Å². The molecule has 0 aliphatic heterocycles. The summed E-state index contributed by atoms with van der Waals surface area (Å²) in [4.78, 5) is 24.4. The van der Waals surface area contributed by atoms with Gasteiger partial charge in [-0.05, 0) is 42.5 Å². The fraction of sp³-hybridized carbons (Fsp3) is 0.0909. The van der Waals surface area contributed by atoms with Crippen molar-refractivity contribution >= 4 is 52.1 Å². The third-order valence-electron chi connectivity index (χ3n) is 4.65. The lowest BCUT2D eigenvalue weighted by molar-refractivity contribution is -0.386. The van der Waals surface area contributed by atoms with Gasteiger partial charge in [0.05, 0.1) is 44.7 Å². The number of carboxylic acid groups (broad SMARTS) is 1. The molecule has 0 atom stereocenters. The fourth-order valence-electron chi connectivity index (χ4n) is 2.94. The largest absolute Gasteiger partial charge is 0.478 e. The number of benzene rings is 3. The highest BCUT2D eigenvalue weighted by Crippen LogP contribution is 2.36. The quantitative estimate of drug-likeness (QED) is 0.362. The summed E-state index contributed by atoms with van der Waals surface area (Å²) in [7, 11) is 0. The number of quaternary nitrogens is 1. The van der Waals surface area contributed by atoms with Crippen LogP contribution in [0.2, 0.25) is 10.0 Å². The number of alkyl halides is 3. The van der Waals surface area contributed by atoms with Crippen LogP contribution in [0.25, 0.3) is 0 Å². The Morgan fingerprint density at radius 2 is 1.52 bits per heavy atom. The molecule has 1 amide bonds. The van der Waals surface area contributed by atoms with Gasteiger partial charge in [0.2, 0.25) is 0 Å². The Morgan fingerprint density at radius 1 is 0.909 bits per heavy atom. The molecule has 3 aromatic carbocycles. The first-order valence-electron chi connectivity index (χ1n) is 9.39. The Kier molecular flexibility index (Phi) is 7.16. The minimum Gasteiger partial charge on any atom is -0.478 e. The van der Waals surface area contributed by atoms with Gasteiger partial charge in [-0.2, -0.15) is 13.2 Å². The average Bonchev–Trinajstić information content (AvgIpc) is 2.76. The molecule has 3 rings (SSSR count). The number of aromatic carboxylic acids is 1. The van der Waals surface area contributed by atoms with E-state index < -0.39 is 29.2 Å². The maximum atomic E-state index is 13.3. The minimum absolute atomic E-state index is 0.0836. The number of amides is 1. The zero-order valence-electron chi connectivity index (χ0n) is 16.8. The van der Waals surface area contributed by atoms with Crippen molar-refractivity contribution in [1.82, 2.24) is 0 Å². The number of anilines is 3. The zero-order valence-corrected chi connectivity index (χ0v) is 18.3. The van der Waals surface area contributed by atoms with E-state index in [0.29, 0.717) is 12.2 Å². The SMILES string of the molecule is [NH3+]Cc1ccc(Nc2ccc(C(F)(F)F)cc2NC(=O)c2cc(Cl)c(Cl)cc2C(=O)O)cc1. The number of carbonyl (C=O) groups is 2. The molecule has 6 nitrogen and oxygen atoms in total. The first-order valence-corrected chi connectivity index (χ1v) is 10.2. The zero-order chi connectivity index (χ0) is 24.3. The Balaban J connectivity index is 2.02. The van der Waals surface area contributed by atoms with Crippen molar-refractivity contribution in [1.29, 1.82) is 0 Å². The van der Waals surface area contributed by atoms with Gasteiger partial charge in [0, 0.05) is 11.3 Å². The molecular weight excluding hydrogens is 482 g/mol. The van der Waals surface area contributed by atoms with Gasteiger partial charge in [0.25, 0.3) is 5.91 Å². The van der Waals surface area contributed by atoms with Crippen LogP contribution in [0.15, 0.2) is 54.6 Å². The highest BCUT2D eigenvalue weighted by molar-refractivity contribution is 6.42. The monoisotopic (exact) mass is 498 g/mol. The summed E-state index contributed by atoms with van der Waals surface area (Å²) >= 11 is 11.8. The Morgan fingerprint density at radius 3 is 2.06 bits per heavy atom. The summed E-state index contributed by atoms with van der Waals surface area (Å²) in [6.45, 7) is 0.567. The van der Waals surface area contributed by atoms with Crippen LogP contribution in [-0.2, 0) is 12.7 Å². The number of nitrogens with one attached hydrogen (secondary N) is 2. The molecule has 0 aromatic heterocycles. The molecule has 6 N–H and O–H groups in total. The van der Waals surface area contributed by atoms with Crippen molar-refractivity contribution in [3.8, 4) is 0 Å². The van der Waals surface area contributed by atoms with Crippen LogP contribution in [0.1, 0.15) is 31.8 Å². The average molecular weight is 499 g/mol. The molecule has 0 fully saturated rings. The Bertz CT molecular complexity index is 1220. The molecule has 0 saturated heterocycles. The maximum Gasteiger partial charge on any atom is 0.416 e. The van der Waals surface area contributed by atoms with Crippen molar-refractivity contribution in [3.05, 3.63) is 86.9 Å². The fourth-order valence-corrected chi connectivity index (χ4v) is 3.27. The topological polar surface area (TPSA) is 106 Å². The number of hydrogen-bond donors (Lipinski definition) is 4. The van der Waals surface area contributed by atoms with E-state index in [0.717, 1.165) is 29.8 Å². The molecule has 0 unspecified atom stereocenters. The molecule has 0 heterocycles. The van der Waals surface area contributed by atoms with E-state index in [9.17, 15) is 27.9 Å². The van der Waals surface area contributed by atoms with Gasteiger partial charge >= 0.3 is 12.1 Å². The first-order chi connectivity index (χ1) is 15.5. The summed E-state index contributed by atoms with van der Waals surface area (Å²) in [5.41, 5.74) is 3.44. The molecule has 0 aliphatic rings. The summed E-state index contributed by atoms with van der Waals surface area (Å²) < 4.78 is 39.9. The van der Waals surface area contributed by atoms with E-state index in [1.54, 1.807) is 24.3 Å². The molecular formula is C22H17Cl2F3N3O3+. The van der Waals surface area contributed by atoms with Gasteiger partial charge in [-0.25, -0.2) is 4.79 Å². The number of carbonyl (C=O) groups excluding carboxylic acids is 1. The standard InChI is InChI=1S/C22H16Cl2F3N3O3/c23-16-8-14(15(21(32)33)9-17(16)24)20(31)30-19-7-12(22(25,26)27)3-6-18(19)29-13-4-1-11(10-28)2-5-13/h1-9,29H,10,28H2,(H,30,31)(H,32,33)/p+1. The molecule has 0 spiro atoms. The van der Waals surface area contributed by atoms with Gasteiger partial charge < -0.3 is 21.5 Å². The van der Waals surface area contributed by atoms with E-state index in [-0.39, 0.29) is 27.0 Å². The van der Waals surface area contributed by atoms with Gasteiger partial charge in [0.15, 0.2) is 0 Å². The number of hydrogen-bond acceptors (Lipinski definition) is 3. The molecule has 172 valence electrons. The van der Waals surface area contributed by atoms with Crippen LogP contribution in [-0.4, -0.2) is 17.0 Å². The summed E-state index contributed by atoms with van der Waals surface area (Å²) in [6, 6.07) is 11.8. The van der Waals surface area contributed by atoms with Crippen LogP contribution < -0.4 is 16.4 Å². The number of carboxylic acids is 1. The van der Waals surface area contributed by atoms with Crippen LogP contribution in [0.4, 0.5) is 30.2 Å². The van der Waals surface area contributed by atoms with Crippen LogP contribution >= 0.6 is 23.2 Å². The first kappa shape index (κ1) is 24.4. The van der Waals surface area contributed by atoms with E-state index in [4.69, 9.17) is 23.2 Å². The lowest BCUT2D eigenvalue weighted by atomic mass is 10.1. The summed E-state index contributed by atoms with van der Waals surface area (Å²) in [5.74, 6) is -2.42.